The molecular formula is C19H23N5O. The van der Waals surface area contributed by atoms with Crippen molar-refractivity contribution in [2.75, 3.05) is 6.54 Å². The Balaban J connectivity index is 2.03. The van der Waals surface area contributed by atoms with Crippen LogP contribution in [-0.2, 0) is 6.54 Å². The molecule has 1 aromatic carbocycles. The van der Waals surface area contributed by atoms with E-state index in [4.69, 9.17) is 10.7 Å². The molecule has 130 valence electrons. The van der Waals surface area contributed by atoms with Crippen LogP contribution in [0.5, 0.6) is 0 Å². The fraction of sp³-hybridized carbons (Fsp3) is 0.316. The van der Waals surface area contributed by atoms with E-state index >= 15 is 0 Å². The molecule has 1 amide bonds. The number of nitrogens with one attached hydrogen (secondary N) is 1. The number of amides is 1. The van der Waals surface area contributed by atoms with Crippen molar-refractivity contribution in [3.63, 3.8) is 0 Å². The molecule has 25 heavy (non-hydrogen) atoms. The highest BCUT2D eigenvalue weighted by Crippen LogP contribution is 2.24. The normalized spacial score (nSPS) is 12.3. The molecule has 3 aromatic rings. The maximum atomic E-state index is 12.7. The topological polar surface area (TPSA) is 85.8 Å². The van der Waals surface area contributed by atoms with Gasteiger partial charge in [-0.3, -0.25) is 4.79 Å². The van der Waals surface area contributed by atoms with E-state index in [1.54, 1.807) is 10.9 Å². The van der Waals surface area contributed by atoms with Crippen LogP contribution in [0.3, 0.4) is 0 Å². The standard InChI is InChI=1S/C19H23N5O/c1-3-24-18-16(12-22-24)15(19(25)21-10-9-13(2)20)11-17(23-18)14-7-5-4-6-8-14/h4-8,11-13H,3,9-10,20H2,1-2H3,(H,21,25). The van der Waals surface area contributed by atoms with Gasteiger partial charge in [0.15, 0.2) is 5.65 Å². The van der Waals surface area contributed by atoms with Crippen LogP contribution in [-0.4, -0.2) is 33.3 Å². The Kier molecular flexibility index (Phi) is 5.09. The summed E-state index contributed by atoms with van der Waals surface area (Å²) < 4.78 is 1.81. The largest absolute Gasteiger partial charge is 0.352 e. The van der Waals surface area contributed by atoms with E-state index in [9.17, 15) is 4.79 Å². The van der Waals surface area contributed by atoms with Crippen LogP contribution >= 0.6 is 0 Å². The number of hydrogen-bond acceptors (Lipinski definition) is 4. The lowest BCUT2D eigenvalue weighted by molar-refractivity contribution is 0.0954. The number of benzene rings is 1. The first-order valence-electron chi connectivity index (χ1n) is 8.56. The first-order valence-corrected chi connectivity index (χ1v) is 8.56. The maximum absolute atomic E-state index is 12.7. The van der Waals surface area contributed by atoms with Crippen LogP contribution in [0.4, 0.5) is 0 Å². The molecule has 0 aliphatic carbocycles. The SMILES string of the molecule is CCn1ncc2c(C(=O)NCCC(C)N)cc(-c3ccccc3)nc21. The molecule has 0 spiro atoms. The van der Waals surface area contributed by atoms with Crippen LogP contribution in [0.25, 0.3) is 22.3 Å². The molecule has 0 fully saturated rings. The molecule has 0 saturated heterocycles. The smallest absolute Gasteiger partial charge is 0.252 e. The molecule has 2 heterocycles. The van der Waals surface area contributed by atoms with Crippen LogP contribution in [0.2, 0.25) is 0 Å². The summed E-state index contributed by atoms with van der Waals surface area (Å²) in [4.78, 5) is 17.4. The van der Waals surface area contributed by atoms with Crippen molar-refractivity contribution in [3.05, 3.63) is 48.2 Å². The van der Waals surface area contributed by atoms with Gasteiger partial charge in [-0.05, 0) is 26.3 Å². The molecule has 0 saturated carbocycles. The third kappa shape index (κ3) is 3.69. The van der Waals surface area contributed by atoms with E-state index in [-0.39, 0.29) is 11.9 Å². The van der Waals surface area contributed by atoms with Gasteiger partial charge in [0.05, 0.1) is 22.8 Å². The molecule has 0 aliphatic heterocycles. The van der Waals surface area contributed by atoms with Crippen molar-refractivity contribution in [3.8, 4) is 11.3 Å². The lowest BCUT2D eigenvalue weighted by Crippen LogP contribution is -2.29. The van der Waals surface area contributed by atoms with Gasteiger partial charge in [0.1, 0.15) is 0 Å². The molecule has 0 radical (unpaired) electrons. The number of nitrogens with two attached hydrogens (primary N) is 1. The summed E-state index contributed by atoms with van der Waals surface area (Å²) in [6, 6.07) is 11.7. The van der Waals surface area contributed by atoms with E-state index < -0.39 is 0 Å². The molecule has 0 aliphatic rings. The molecule has 3 rings (SSSR count). The second-order valence-corrected chi connectivity index (χ2v) is 6.14. The molecule has 2 aromatic heterocycles. The number of pyridine rings is 1. The summed E-state index contributed by atoms with van der Waals surface area (Å²) in [6.07, 6.45) is 2.45. The van der Waals surface area contributed by atoms with Gasteiger partial charge in [0.2, 0.25) is 0 Å². The number of aromatic nitrogens is 3. The number of carbonyl (C=O) groups excluding carboxylic acids is 1. The molecule has 6 nitrogen and oxygen atoms in total. The Morgan fingerprint density at radius 1 is 1.32 bits per heavy atom. The number of aryl methyl sites for hydroxylation is 1. The average Bonchev–Trinajstić information content (AvgIpc) is 3.04. The van der Waals surface area contributed by atoms with E-state index in [0.29, 0.717) is 18.7 Å². The van der Waals surface area contributed by atoms with E-state index in [2.05, 4.69) is 10.4 Å². The van der Waals surface area contributed by atoms with Crippen LogP contribution < -0.4 is 11.1 Å². The van der Waals surface area contributed by atoms with Crippen molar-refractivity contribution >= 4 is 16.9 Å². The fourth-order valence-corrected chi connectivity index (χ4v) is 2.73. The Bertz CT molecular complexity index is 870. The average molecular weight is 337 g/mol. The highest BCUT2D eigenvalue weighted by atomic mass is 16.1. The molecule has 1 unspecified atom stereocenters. The summed E-state index contributed by atoms with van der Waals surface area (Å²) in [6.45, 7) is 5.17. The zero-order chi connectivity index (χ0) is 17.8. The summed E-state index contributed by atoms with van der Waals surface area (Å²) in [5.41, 5.74) is 8.80. The Morgan fingerprint density at radius 3 is 2.76 bits per heavy atom. The van der Waals surface area contributed by atoms with Crippen molar-refractivity contribution < 1.29 is 4.79 Å². The van der Waals surface area contributed by atoms with Gasteiger partial charge < -0.3 is 11.1 Å². The van der Waals surface area contributed by atoms with Gasteiger partial charge in [-0.15, -0.1) is 0 Å². The van der Waals surface area contributed by atoms with Gasteiger partial charge in [-0.25, -0.2) is 9.67 Å². The summed E-state index contributed by atoms with van der Waals surface area (Å²) in [7, 11) is 0. The summed E-state index contributed by atoms with van der Waals surface area (Å²) >= 11 is 0. The van der Waals surface area contributed by atoms with E-state index in [1.165, 1.54) is 0 Å². The van der Waals surface area contributed by atoms with Crippen LogP contribution in [0.15, 0.2) is 42.6 Å². The van der Waals surface area contributed by atoms with Crippen molar-refractivity contribution in [2.45, 2.75) is 32.9 Å². The van der Waals surface area contributed by atoms with Crippen LogP contribution in [0, 0.1) is 0 Å². The zero-order valence-corrected chi connectivity index (χ0v) is 14.6. The molecule has 3 N–H and O–H groups in total. The minimum absolute atomic E-state index is 0.0560. The minimum atomic E-state index is -0.124. The molecule has 0 bridgehead atoms. The van der Waals surface area contributed by atoms with Gasteiger partial charge >= 0.3 is 0 Å². The first kappa shape index (κ1) is 17.1. The Morgan fingerprint density at radius 2 is 2.08 bits per heavy atom. The van der Waals surface area contributed by atoms with Gasteiger partial charge in [-0.1, -0.05) is 30.3 Å². The van der Waals surface area contributed by atoms with Crippen molar-refractivity contribution in [1.82, 2.24) is 20.1 Å². The lowest BCUT2D eigenvalue weighted by atomic mass is 10.1. The fourth-order valence-electron chi connectivity index (χ4n) is 2.73. The van der Waals surface area contributed by atoms with E-state index in [0.717, 1.165) is 28.7 Å². The second kappa shape index (κ2) is 7.44. The molecular weight excluding hydrogens is 314 g/mol. The van der Waals surface area contributed by atoms with Gasteiger partial charge in [0, 0.05) is 24.7 Å². The molecule has 1 atom stereocenters. The maximum Gasteiger partial charge on any atom is 0.252 e. The predicted molar refractivity (Wildman–Crippen MR) is 99.2 cm³/mol. The van der Waals surface area contributed by atoms with Crippen LogP contribution in [0.1, 0.15) is 30.6 Å². The number of nitrogens with zero attached hydrogens (tertiary/aromatic N) is 3. The third-order valence-electron chi connectivity index (χ3n) is 4.11. The second-order valence-electron chi connectivity index (χ2n) is 6.14. The van der Waals surface area contributed by atoms with Crippen molar-refractivity contribution in [2.24, 2.45) is 5.73 Å². The minimum Gasteiger partial charge on any atom is -0.352 e. The number of rotatable bonds is 6. The number of hydrogen-bond donors (Lipinski definition) is 2. The third-order valence-corrected chi connectivity index (χ3v) is 4.11. The summed E-state index contributed by atoms with van der Waals surface area (Å²) in [5, 5.41) is 8.06. The highest BCUT2D eigenvalue weighted by Gasteiger charge is 2.17. The highest BCUT2D eigenvalue weighted by molar-refractivity contribution is 6.06. The number of fused-ring (bicyclic) bond motifs is 1. The van der Waals surface area contributed by atoms with E-state index in [1.807, 2.05) is 50.2 Å². The molecule has 6 heteroatoms. The van der Waals surface area contributed by atoms with Crippen molar-refractivity contribution in [1.29, 1.82) is 0 Å². The number of carbonyl (C=O) groups is 1. The lowest BCUT2D eigenvalue weighted by Gasteiger charge is -2.10. The Labute approximate surface area is 147 Å². The zero-order valence-electron chi connectivity index (χ0n) is 14.6. The van der Waals surface area contributed by atoms with Gasteiger partial charge in [0.25, 0.3) is 5.91 Å². The summed E-state index contributed by atoms with van der Waals surface area (Å²) in [5.74, 6) is -0.124. The quantitative estimate of drug-likeness (QED) is 0.724. The monoisotopic (exact) mass is 337 g/mol. The van der Waals surface area contributed by atoms with Gasteiger partial charge in [-0.2, -0.15) is 5.10 Å². The predicted octanol–water partition coefficient (Wildman–Crippen LogP) is 2.59. The first-order chi connectivity index (χ1) is 12.1. The Hall–Kier alpha value is -2.73.